The molecule has 23 heavy (non-hydrogen) atoms. The van der Waals surface area contributed by atoms with Crippen molar-refractivity contribution in [3.8, 4) is 0 Å². The molecule has 0 radical (unpaired) electrons. The zero-order valence-corrected chi connectivity index (χ0v) is 12.8. The molecule has 0 saturated carbocycles. The minimum Gasteiger partial charge on any atom is -0.384 e. The average molecular weight is 317 g/mol. The van der Waals surface area contributed by atoms with Crippen molar-refractivity contribution in [2.45, 2.75) is 31.9 Å². The Morgan fingerprint density at radius 3 is 2.87 bits per heavy atom. The summed E-state index contributed by atoms with van der Waals surface area (Å²) < 4.78 is 0. The first-order valence-corrected chi connectivity index (χ1v) is 7.61. The van der Waals surface area contributed by atoms with Crippen molar-refractivity contribution in [2.24, 2.45) is 0 Å². The molecule has 2 aromatic rings. The monoisotopic (exact) mass is 317 g/mol. The van der Waals surface area contributed by atoms with Gasteiger partial charge >= 0.3 is 0 Å². The molecule has 3 heterocycles. The molecule has 3 N–H and O–H groups in total. The van der Waals surface area contributed by atoms with Gasteiger partial charge in [0.1, 0.15) is 17.9 Å². The third-order valence-electron chi connectivity index (χ3n) is 4.08. The van der Waals surface area contributed by atoms with E-state index in [1.807, 2.05) is 0 Å². The minimum absolute atomic E-state index is 0.00679. The molecule has 0 spiro atoms. The van der Waals surface area contributed by atoms with Crippen LogP contribution in [0.25, 0.3) is 11.0 Å². The van der Waals surface area contributed by atoms with E-state index in [2.05, 4.69) is 20.3 Å². The Morgan fingerprint density at radius 2 is 2.17 bits per heavy atom. The Hall–Kier alpha value is -2.48. The number of piperidine rings is 1. The molecule has 0 aliphatic carbocycles. The van der Waals surface area contributed by atoms with Crippen molar-refractivity contribution in [2.75, 3.05) is 13.1 Å². The number of aromatic nitrogens is 3. The molecule has 122 valence electrons. The molecule has 8 heteroatoms. The van der Waals surface area contributed by atoms with Gasteiger partial charge in [-0.3, -0.25) is 9.59 Å². The van der Waals surface area contributed by atoms with Gasteiger partial charge in [0.25, 0.3) is 11.8 Å². The lowest BCUT2D eigenvalue weighted by molar-refractivity contribution is -0.140. The Kier molecular flexibility index (Phi) is 4.24. The largest absolute Gasteiger partial charge is 0.384 e. The molecule has 1 aliphatic heterocycles. The molecule has 8 nitrogen and oxygen atoms in total. The quantitative estimate of drug-likeness (QED) is 0.741. The van der Waals surface area contributed by atoms with Gasteiger partial charge in [-0.2, -0.15) is 0 Å². The number of likely N-dealkylation sites (tertiary alicyclic amines) is 1. The van der Waals surface area contributed by atoms with Gasteiger partial charge in [0.15, 0.2) is 0 Å². The second-order valence-electron chi connectivity index (χ2n) is 5.74. The molecule has 0 unspecified atom stereocenters. The first-order valence-electron chi connectivity index (χ1n) is 7.61. The number of carbonyl (C=O) groups excluding carboxylic acids is 2. The third kappa shape index (κ3) is 3.16. The van der Waals surface area contributed by atoms with E-state index >= 15 is 0 Å². The summed E-state index contributed by atoms with van der Waals surface area (Å²) in [5.74, 6) is -0.446. The zero-order chi connectivity index (χ0) is 16.4. The number of aromatic amines is 1. The van der Waals surface area contributed by atoms with Crippen LogP contribution in [0, 0.1) is 0 Å². The molecule has 1 fully saturated rings. The molecule has 1 atom stereocenters. The fraction of sp³-hybridized carbons (Fsp3) is 0.467. The van der Waals surface area contributed by atoms with Crippen molar-refractivity contribution < 1.29 is 14.7 Å². The van der Waals surface area contributed by atoms with Crippen molar-refractivity contribution in [3.05, 3.63) is 24.3 Å². The first kappa shape index (κ1) is 15.4. The van der Waals surface area contributed by atoms with Crippen LogP contribution in [-0.4, -0.2) is 62.0 Å². The molecule has 3 rings (SSSR count). The van der Waals surface area contributed by atoms with Crippen LogP contribution >= 0.6 is 0 Å². The van der Waals surface area contributed by atoms with E-state index in [9.17, 15) is 14.7 Å². The molecular weight excluding hydrogens is 298 g/mol. The molecule has 0 bridgehead atoms. The predicted molar refractivity (Wildman–Crippen MR) is 82.6 cm³/mol. The fourth-order valence-electron chi connectivity index (χ4n) is 2.81. The summed E-state index contributed by atoms with van der Waals surface area (Å²) in [5, 5.41) is 12.3. The van der Waals surface area contributed by atoms with Gasteiger partial charge < -0.3 is 20.3 Å². The number of amides is 2. The van der Waals surface area contributed by atoms with Gasteiger partial charge in [-0.15, -0.1) is 0 Å². The number of hydrogen-bond donors (Lipinski definition) is 3. The van der Waals surface area contributed by atoms with E-state index in [1.165, 1.54) is 13.3 Å². The van der Waals surface area contributed by atoms with Crippen LogP contribution in [-0.2, 0) is 4.79 Å². The van der Waals surface area contributed by atoms with E-state index in [1.54, 1.807) is 17.3 Å². The highest BCUT2D eigenvalue weighted by molar-refractivity contribution is 6.05. The van der Waals surface area contributed by atoms with E-state index in [4.69, 9.17) is 0 Å². The standard InChI is InChI=1S/C15H19N5O3/c1-9(21)15(23)20-4-2-10(3-5-20)19-14(22)11-6-17-12-7-16-8-18-13(11)12/h6-10,17,21H,2-5H2,1H3,(H,19,22)/t9-/m0/s1. The van der Waals surface area contributed by atoms with Crippen LogP contribution in [0.3, 0.4) is 0 Å². The number of nitrogens with one attached hydrogen (secondary N) is 2. The number of rotatable bonds is 3. The Morgan fingerprint density at radius 1 is 1.43 bits per heavy atom. The molecule has 0 aromatic carbocycles. The van der Waals surface area contributed by atoms with Crippen LogP contribution in [0.5, 0.6) is 0 Å². The summed E-state index contributed by atoms with van der Waals surface area (Å²) in [6.07, 6.45) is 5.02. The zero-order valence-electron chi connectivity index (χ0n) is 12.8. The van der Waals surface area contributed by atoms with Crippen LogP contribution in [0.4, 0.5) is 0 Å². The number of hydrogen-bond acceptors (Lipinski definition) is 5. The van der Waals surface area contributed by atoms with Gasteiger partial charge in [0.2, 0.25) is 0 Å². The maximum Gasteiger partial charge on any atom is 0.255 e. The second-order valence-corrected chi connectivity index (χ2v) is 5.74. The molecule has 1 saturated heterocycles. The summed E-state index contributed by atoms with van der Waals surface area (Å²) in [6.45, 7) is 2.53. The second kappa shape index (κ2) is 6.33. The lowest BCUT2D eigenvalue weighted by atomic mass is 10.0. The highest BCUT2D eigenvalue weighted by atomic mass is 16.3. The summed E-state index contributed by atoms with van der Waals surface area (Å²) in [4.78, 5) is 36.8. The topological polar surface area (TPSA) is 111 Å². The summed E-state index contributed by atoms with van der Waals surface area (Å²) in [5.41, 5.74) is 1.80. The Balaban J connectivity index is 1.61. The fourth-order valence-corrected chi connectivity index (χ4v) is 2.81. The van der Waals surface area contributed by atoms with Gasteiger partial charge in [0, 0.05) is 25.3 Å². The molecule has 2 amide bonds. The van der Waals surface area contributed by atoms with Gasteiger partial charge in [-0.25, -0.2) is 9.97 Å². The highest BCUT2D eigenvalue weighted by Gasteiger charge is 2.26. The number of aliphatic hydroxyl groups is 1. The lowest BCUT2D eigenvalue weighted by Crippen LogP contribution is -2.48. The Labute approximate surface area is 132 Å². The van der Waals surface area contributed by atoms with Gasteiger partial charge in [-0.1, -0.05) is 0 Å². The Bertz CT molecular complexity index is 719. The van der Waals surface area contributed by atoms with Crippen molar-refractivity contribution in [3.63, 3.8) is 0 Å². The van der Waals surface area contributed by atoms with E-state index < -0.39 is 6.10 Å². The van der Waals surface area contributed by atoms with Crippen LogP contribution in [0.15, 0.2) is 18.7 Å². The van der Waals surface area contributed by atoms with E-state index in [0.717, 1.165) is 5.52 Å². The number of aliphatic hydroxyl groups excluding tert-OH is 1. The van der Waals surface area contributed by atoms with E-state index in [-0.39, 0.29) is 17.9 Å². The maximum atomic E-state index is 12.4. The van der Waals surface area contributed by atoms with Crippen LogP contribution in [0.2, 0.25) is 0 Å². The van der Waals surface area contributed by atoms with Crippen LogP contribution < -0.4 is 5.32 Å². The summed E-state index contributed by atoms with van der Waals surface area (Å²) in [7, 11) is 0. The van der Waals surface area contributed by atoms with Crippen molar-refractivity contribution in [1.29, 1.82) is 0 Å². The number of H-pyrrole nitrogens is 1. The smallest absolute Gasteiger partial charge is 0.255 e. The normalized spacial score (nSPS) is 17.2. The highest BCUT2D eigenvalue weighted by Crippen LogP contribution is 2.16. The predicted octanol–water partition coefficient (Wildman–Crippen LogP) is 0.0595. The van der Waals surface area contributed by atoms with Crippen molar-refractivity contribution >= 4 is 22.8 Å². The number of nitrogens with zero attached hydrogens (tertiary/aromatic N) is 3. The molecule has 2 aromatic heterocycles. The van der Waals surface area contributed by atoms with Crippen molar-refractivity contribution in [1.82, 2.24) is 25.2 Å². The maximum absolute atomic E-state index is 12.4. The summed E-state index contributed by atoms with van der Waals surface area (Å²) >= 11 is 0. The van der Waals surface area contributed by atoms with Gasteiger partial charge in [-0.05, 0) is 19.8 Å². The number of carbonyl (C=O) groups is 2. The number of fused-ring (bicyclic) bond motifs is 1. The summed E-state index contributed by atoms with van der Waals surface area (Å²) in [6, 6.07) is 0.00679. The lowest BCUT2D eigenvalue weighted by Gasteiger charge is -2.33. The minimum atomic E-state index is -0.980. The van der Waals surface area contributed by atoms with Gasteiger partial charge in [0.05, 0.1) is 17.3 Å². The average Bonchev–Trinajstić information content (AvgIpc) is 2.99. The van der Waals surface area contributed by atoms with Crippen LogP contribution in [0.1, 0.15) is 30.1 Å². The first-order chi connectivity index (χ1) is 11.1. The molecule has 1 aliphatic rings. The van der Waals surface area contributed by atoms with E-state index in [0.29, 0.717) is 37.0 Å². The third-order valence-corrected chi connectivity index (χ3v) is 4.08. The molecular formula is C15H19N5O3. The SMILES string of the molecule is C[C@H](O)C(=O)N1CCC(NC(=O)c2c[nH]c3cncnc23)CC1.